The average Bonchev–Trinajstić information content (AvgIpc) is 2.06. The normalized spacial score (nSPS) is 25.9. The molecule has 1 heteroatoms. The fraction of sp³-hybridized carbons (Fsp3) is 0.500. The standard InChI is InChI=1S/C10H15N/c1-3-9-7-5-6-8-10(9)11-4-2/h3-4H,2,5-8H2,1H3/b9-3-,11-10?. The number of hydrogen-bond acceptors (Lipinski definition) is 1. The zero-order valence-corrected chi connectivity index (χ0v) is 7.14. The van der Waals surface area contributed by atoms with Crippen LogP contribution in [0, 0.1) is 0 Å². The molecule has 1 rings (SSSR count). The third kappa shape index (κ3) is 2.04. The molecule has 0 N–H and O–H groups in total. The average molecular weight is 149 g/mol. The molecular weight excluding hydrogens is 134 g/mol. The Hall–Kier alpha value is -0.850. The van der Waals surface area contributed by atoms with E-state index in [2.05, 4.69) is 24.6 Å². The van der Waals surface area contributed by atoms with E-state index in [1.54, 1.807) is 6.20 Å². The second kappa shape index (κ2) is 4.12. The molecule has 1 fully saturated rings. The lowest BCUT2D eigenvalue weighted by atomic mass is 9.93. The van der Waals surface area contributed by atoms with E-state index >= 15 is 0 Å². The summed E-state index contributed by atoms with van der Waals surface area (Å²) in [6.07, 6.45) is 8.74. The van der Waals surface area contributed by atoms with Gasteiger partial charge in [0.05, 0.1) is 0 Å². The van der Waals surface area contributed by atoms with Crippen LogP contribution in [0.3, 0.4) is 0 Å². The van der Waals surface area contributed by atoms with Crippen molar-refractivity contribution in [2.45, 2.75) is 32.6 Å². The highest BCUT2D eigenvalue weighted by molar-refractivity contribution is 6.00. The molecule has 0 aromatic rings. The molecule has 0 aromatic carbocycles. The molecule has 0 aromatic heterocycles. The van der Waals surface area contributed by atoms with Crippen molar-refractivity contribution in [2.75, 3.05) is 0 Å². The summed E-state index contributed by atoms with van der Waals surface area (Å²) in [5.41, 5.74) is 2.66. The van der Waals surface area contributed by atoms with E-state index in [0.29, 0.717) is 0 Å². The molecule has 0 radical (unpaired) electrons. The Balaban J connectivity index is 2.74. The van der Waals surface area contributed by atoms with E-state index in [1.165, 1.54) is 30.5 Å². The molecule has 0 bridgehead atoms. The van der Waals surface area contributed by atoms with Gasteiger partial charge < -0.3 is 0 Å². The van der Waals surface area contributed by atoms with E-state index in [9.17, 15) is 0 Å². The molecule has 1 aliphatic carbocycles. The van der Waals surface area contributed by atoms with E-state index in [4.69, 9.17) is 0 Å². The van der Waals surface area contributed by atoms with Crippen LogP contribution in [-0.4, -0.2) is 5.71 Å². The lowest BCUT2D eigenvalue weighted by Gasteiger charge is -2.15. The van der Waals surface area contributed by atoms with Gasteiger partial charge in [0.2, 0.25) is 0 Å². The van der Waals surface area contributed by atoms with Crippen molar-refractivity contribution in [1.29, 1.82) is 0 Å². The number of rotatable bonds is 1. The Labute approximate surface area is 68.5 Å². The molecular formula is C10H15N. The number of aliphatic imine (C=N–C) groups is 1. The Morgan fingerprint density at radius 1 is 1.36 bits per heavy atom. The maximum absolute atomic E-state index is 4.25. The highest BCUT2D eigenvalue weighted by atomic mass is 14.7. The molecule has 1 nitrogen and oxygen atoms in total. The fourth-order valence-corrected chi connectivity index (χ4v) is 1.48. The molecule has 0 aliphatic heterocycles. The van der Waals surface area contributed by atoms with Crippen LogP contribution in [0.15, 0.2) is 29.4 Å². The van der Waals surface area contributed by atoms with Gasteiger partial charge in [0.25, 0.3) is 0 Å². The number of hydrogen-bond donors (Lipinski definition) is 0. The summed E-state index contributed by atoms with van der Waals surface area (Å²) in [6, 6.07) is 0. The van der Waals surface area contributed by atoms with E-state index in [-0.39, 0.29) is 0 Å². The second-order valence-corrected chi connectivity index (χ2v) is 2.78. The summed E-state index contributed by atoms with van der Waals surface area (Å²) in [5, 5.41) is 0. The zero-order valence-electron chi connectivity index (χ0n) is 7.14. The molecule has 0 spiro atoms. The summed E-state index contributed by atoms with van der Waals surface area (Å²) < 4.78 is 0. The fourth-order valence-electron chi connectivity index (χ4n) is 1.48. The summed E-state index contributed by atoms with van der Waals surface area (Å²) in [5.74, 6) is 0. The number of nitrogens with zero attached hydrogens (tertiary/aromatic N) is 1. The Morgan fingerprint density at radius 3 is 2.73 bits per heavy atom. The Kier molecular flexibility index (Phi) is 3.09. The molecule has 0 atom stereocenters. The van der Waals surface area contributed by atoms with Gasteiger partial charge in [0.15, 0.2) is 0 Å². The predicted molar refractivity (Wildman–Crippen MR) is 49.9 cm³/mol. The van der Waals surface area contributed by atoms with Gasteiger partial charge in [-0.3, -0.25) is 4.99 Å². The quantitative estimate of drug-likeness (QED) is 0.543. The smallest absolute Gasteiger partial charge is 0.0431 e. The van der Waals surface area contributed by atoms with Crippen molar-refractivity contribution < 1.29 is 0 Å². The van der Waals surface area contributed by atoms with Crippen LogP contribution in [0.4, 0.5) is 0 Å². The van der Waals surface area contributed by atoms with Crippen molar-refractivity contribution in [2.24, 2.45) is 4.99 Å². The van der Waals surface area contributed by atoms with Crippen molar-refractivity contribution >= 4 is 5.71 Å². The van der Waals surface area contributed by atoms with Gasteiger partial charge in [-0.05, 0) is 38.2 Å². The van der Waals surface area contributed by atoms with Gasteiger partial charge in [-0.25, -0.2) is 0 Å². The largest absolute Gasteiger partial charge is 0.262 e. The summed E-state index contributed by atoms with van der Waals surface area (Å²) >= 11 is 0. The first-order chi connectivity index (χ1) is 5.38. The van der Waals surface area contributed by atoms with Crippen molar-refractivity contribution in [3.8, 4) is 0 Å². The first-order valence-electron chi connectivity index (χ1n) is 4.21. The first-order valence-corrected chi connectivity index (χ1v) is 4.21. The van der Waals surface area contributed by atoms with E-state index in [1.807, 2.05) is 0 Å². The Morgan fingerprint density at radius 2 is 2.09 bits per heavy atom. The van der Waals surface area contributed by atoms with Crippen LogP contribution >= 0.6 is 0 Å². The maximum atomic E-state index is 4.25. The van der Waals surface area contributed by atoms with Gasteiger partial charge in [-0.2, -0.15) is 0 Å². The van der Waals surface area contributed by atoms with Crippen LogP contribution in [-0.2, 0) is 0 Å². The molecule has 0 heterocycles. The van der Waals surface area contributed by atoms with Gasteiger partial charge in [0, 0.05) is 11.9 Å². The summed E-state index contributed by atoms with van der Waals surface area (Å²) in [6.45, 7) is 5.69. The second-order valence-electron chi connectivity index (χ2n) is 2.78. The molecule has 1 aliphatic rings. The van der Waals surface area contributed by atoms with E-state index in [0.717, 1.165) is 6.42 Å². The van der Waals surface area contributed by atoms with Crippen molar-refractivity contribution in [1.82, 2.24) is 0 Å². The monoisotopic (exact) mass is 149 g/mol. The lowest BCUT2D eigenvalue weighted by molar-refractivity contribution is 0.732. The lowest BCUT2D eigenvalue weighted by Crippen LogP contribution is -2.08. The van der Waals surface area contributed by atoms with Crippen LogP contribution in [0.1, 0.15) is 32.6 Å². The van der Waals surface area contributed by atoms with Crippen LogP contribution in [0.2, 0.25) is 0 Å². The minimum Gasteiger partial charge on any atom is -0.262 e. The van der Waals surface area contributed by atoms with Crippen molar-refractivity contribution in [3.63, 3.8) is 0 Å². The van der Waals surface area contributed by atoms with Gasteiger partial charge in [0.1, 0.15) is 0 Å². The topological polar surface area (TPSA) is 12.4 Å². The molecule has 60 valence electrons. The van der Waals surface area contributed by atoms with Crippen LogP contribution in [0.25, 0.3) is 0 Å². The third-order valence-electron chi connectivity index (χ3n) is 2.08. The highest BCUT2D eigenvalue weighted by Gasteiger charge is 2.10. The molecule has 11 heavy (non-hydrogen) atoms. The SMILES string of the molecule is C=CN=C1CCCC/C1=C/C. The van der Waals surface area contributed by atoms with Crippen LogP contribution in [0.5, 0.6) is 0 Å². The molecule has 0 unspecified atom stereocenters. The molecule has 0 amide bonds. The number of allylic oxidation sites excluding steroid dienone is 2. The molecule has 0 saturated heterocycles. The Bertz CT molecular complexity index is 199. The highest BCUT2D eigenvalue weighted by Crippen LogP contribution is 2.20. The maximum Gasteiger partial charge on any atom is 0.0431 e. The minimum absolute atomic E-state index is 1.13. The van der Waals surface area contributed by atoms with Gasteiger partial charge in [-0.1, -0.05) is 12.7 Å². The van der Waals surface area contributed by atoms with Gasteiger partial charge >= 0.3 is 0 Å². The predicted octanol–water partition coefficient (Wildman–Crippen LogP) is 3.09. The summed E-state index contributed by atoms with van der Waals surface area (Å²) in [4.78, 5) is 4.25. The first kappa shape index (κ1) is 8.25. The van der Waals surface area contributed by atoms with Gasteiger partial charge in [-0.15, -0.1) is 0 Å². The zero-order chi connectivity index (χ0) is 8.10. The van der Waals surface area contributed by atoms with E-state index < -0.39 is 0 Å². The minimum atomic E-state index is 1.13. The summed E-state index contributed by atoms with van der Waals surface area (Å²) in [7, 11) is 0. The third-order valence-corrected chi connectivity index (χ3v) is 2.08. The van der Waals surface area contributed by atoms with Crippen molar-refractivity contribution in [3.05, 3.63) is 24.4 Å². The van der Waals surface area contributed by atoms with Crippen LogP contribution < -0.4 is 0 Å². The molecule has 1 saturated carbocycles.